The Morgan fingerprint density at radius 2 is 2.00 bits per heavy atom. The Bertz CT molecular complexity index is 76.0. The van der Waals surface area contributed by atoms with Crippen LogP contribution in [0.2, 0.25) is 0 Å². The van der Waals surface area contributed by atoms with Gasteiger partial charge in [-0.2, -0.15) is 8.78 Å². The first-order valence-corrected chi connectivity index (χ1v) is 3.56. The van der Waals surface area contributed by atoms with Crippen molar-refractivity contribution in [3.05, 3.63) is 0 Å². The maximum absolute atomic E-state index is 11.4. The summed E-state index contributed by atoms with van der Waals surface area (Å²) in [4.78, 5) is 0. The topological polar surface area (TPSA) is 9.23 Å². The number of alkyl halides is 2. The largest absolute Gasteiger partial charge is 0.345 e. The van der Waals surface area contributed by atoms with Gasteiger partial charge in [0.25, 0.3) is 0 Å². The molecule has 0 aromatic carbocycles. The molecule has 0 saturated carbocycles. The molecule has 0 fully saturated rings. The van der Waals surface area contributed by atoms with Crippen LogP contribution in [-0.2, 0) is 4.74 Å². The Kier molecular flexibility index (Phi) is 5.49. The molecule has 0 heterocycles. The number of halogens is 2. The maximum atomic E-state index is 11.4. The number of hydrogen-bond donors (Lipinski definition) is 0. The minimum Gasteiger partial charge on any atom is -0.323 e. The molecule has 0 aliphatic heterocycles. The third-order valence-corrected chi connectivity index (χ3v) is 1.55. The molecule has 3 heteroatoms. The second-order valence-corrected chi connectivity index (χ2v) is 2.43. The van der Waals surface area contributed by atoms with E-state index in [0.717, 1.165) is 12.8 Å². The molecule has 1 nitrogen and oxygen atoms in total. The fraction of sp³-hybridized carbons (Fsp3) is 1.00. The van der Waals surface area contributed by atoms with Crippen molar-refractivity contribution in [3.8, 4) is 0 Å². The predicted molar refractivity (Wildman–Crippen MR) is 36.0 cm³/mol. The monoisotopic (exact) mass is 152 g/mol. The lowest BCUT2D eigenvalue weighted by molar-refractivity contribution is -0.131. The lowest BCUT2D eigenvalue weighted by Crippen LogP contribution is -2.04. The lowest BCUT2D eigenvalue weighted by atomic mass is 10.1. The minimum atomic E-state index is -2.61. The molecule has 0 saturated heterocycles. The molecule has 0 aliphatic rings. The normalized spacial score (nSPS) is 14.1. The van der Waals surface area contributed by atoms with E-state index >= 15 is 0 Å². The highest BCUT2D eigenvalue weighted by molar-refractivity contribution is 4.47. The zero-order valence-corrected chi connectivity index (χ0v) is 6.44. The van der Waals surface area contributed by atoms with Gasteiger partial charge >= 0.3 is 6.61 Å². The van der Waals surface area contributed by atoms with Gasteiger partial charge in [-0.15, -0.1) is 0 Å². The van der Waals surface area contributed by atoms with Crippen molar-refractivity contribution in [3.63, 3.8) is 0 Å². The second-order valence-electron chi connectivity index (χ2n) is 2.43. The number of ether oxygens (including phenoxy) is 1. The van der Waals surface area contributed by atoms with E-state index in [2.05, 4.69) is 4.74 Å². The van der Waals surface area contributed by atoms with E-state index in [9.17, 15) is 8.78 Å². The molecule has 0 aromatic heterocycles. The Morgan fingerprint density at radius 3 is 2.40 bits per heavy atom. The van der Waals surface area contributed by atoms with Gasteiger partial charge in [0.15, 0.2) is 0 Å². The van der Waals surface area contributed by atoms with Crippen LogP contribution in [0, 0.1) is 5.92 Å². The molecule has 0 aromatic rings. The van der Waals surface area contributed by atoms with Crippen molar-refractivity contribution in [1.82, 2.24) is 0 Å². The molecule has 0 aliphatic carbocycles. The van der Waals surface area contributed by atoms with Gasteiger partial charge in [-0.25, -0.2) is 0 Å². The van der Waals surface area contributed by atoms with E-state index in [1.165, 1.54) is 0 Å². The number of rotatable bonds is 5. The molecule has 10 heavy (non-hydrogen) atoms. The van der Waals surface area contributed by atoms with E-state index in [-0.39, 0.29) is 6.61 Å². The molecule has 0 amide bonds. The van der Waals surface area contributed by atoms with Crippen LogP contribution in [0.25, 0.3) is 0 Å². The molecule has 1 unspecified atom stereocenters. The maximum Gasteiger partial charge on any atom is 0.345 e. The van der Waals surface area contributed by atoms with Gasteiger partial charge in [0.1, 0.15) is 0 Å². The zero-order valence-electron chi connectivity index (χ0n) is 6.44. The predicted octanol–water partition coefficient (Wildman–Crippen LogP) is 2.66. The van der Waals surface area contributed by atoms with Crippen LogP contribution in [0.15, 0.2) is 0 Å². The van der Waals surface area contributed by atoms with E-state index < -0.39 is 6.61 Å². The van der Waals surface area contributed by atoms with Crippen LogP contribution < -0.4 is 0 Å². The summed E-state index contributed by atoms with van der Waals surface area (Å²) in [7, 11) is 0. The molecule has 0 spiro atoms. The average Bonchev–Trinajstić information content (AvgIpc) is 1.87. The molecule has 0 radical (unpaired) electrons. The third kappa shape index (κ3) is 5.95. The van der Waals surface area contributed by atoms with Gasteiger partial charge in [-0.1, -0.05) is 20.3 Å². The summed E-state index contributed by atoms with van der Waals surface area (Å²) in [6.07, 6.45) is 1.74. The first-order valence-electron chi connectivity index (χ1n) is 3.56. The quantitative estimate of drug-likeness (QED) is 0.588. The Balaban J connectivity index is 3.03. The fourth-order valence-corrected chi connectivity index (χ4v) is 0.562. The van der Waals surface area contributed by atoms with E-state index in [1.807, 2.05) is 13.8 Å². The van der Waals surface area contributed by atoms with Crippen molar-refractivity contribution in [2.45, 2.75) is 33.3 Å². The molecule has 0 rings (SSSR count). The van der Waals surface area contributed by atoms with Gasteiger partial charge in [0, 0.05) is 0 Å². The summed E-state index contributed by atoms with van der Waals surface area (Å²) in [6.45, 7) is 1.62. The van der Waals surface area contributed by atoms with Gasteiger partial charge < -0.3 is 4.74 Å². The van der Waals surface area contributed by atoms with E-state index in [4.69, 9.17) is 0 Å². The second kappa shape index (κ2) is 5.59. The van der Waals surface area contributed by atoms with Gasteiger partial charge in [-0.3, -0.25) is 0 Å². The zero-order chi connectivity index (χ0) is 7.98. The van der Waals surface area contributed by atoms with Crippen LogP contribution in [0.5, 0.6) is 0 Å². The summed E-state index contributed by atoms with van der Waals surface area (Å²) in [6, 6.07) is 0. The highest BCUT2D eigenvalue weighted by Crippen LogP contribution is 2.07. The van der Waals surface area contributed by atoms with Crippen LogP contribution >= 0.6 is 0 Å². The van der Waals surface area contributed by atoms with Crippen molar-refractivity contribution in [2.24, 2.45) is 5.92 Å². The summed E-state index contributed by atoms with van der Waals surface area (Å²) in [5.41, 5.74) is 0. The first-order chi connectivity index (χ1) is 4.66. The first kappa shape index (κ1) is 9.82. The SMILES string of the molecule is CCC(C)CCOC(F)F. The highest BCUT2D eigenvalue weighted by Gasteiger charge is 2.03. The Morgan fingerprint density at radius 1 is 1.40 bits per heavy atom. The Labute approximate surface area is 60.4 Å². The molecule has 0 N–H and O–H groups in total. The standard InChI is InChI=1S/C7H14F2O/c1-3-6(2)4-5-10-7(8)9/h6-7H,3-5H2,1-2H3. The van der Waals surface area contributed by atoms with Crippen molar-refractivity contribution >= 4 is 0 Å². The fourth-order valence-electron chi connectivity index (χ4n) is 0.562. The summed E-state index contributed by atoms with van der Waals surface area (Å²) < 4.78 is 26.8. The molecule has 0 bridgehead atoms. The average molecular weight is 152 g/mol. The van der Waals surface area contributed by atoms with Crippen LogP contribution in [0.3, 0.4) is 0 Å². The van der Waals surface area contributed by atoms with Crippen molar-refractivity contribution < 1.29 is 13.5 Å². The van der Waals surface area contributed by atoms with Crippen LogP contribution in [0.1, 0.15) is 26.7 Å². The lowest BCUT2D eigenvalue weighted by Gasteiger charge is -2.07. The molecule has 1 atom stereocenters. The smallest absolute Gasteiger partial charge is 0.323 e. The minimum absolute atomic E-state index is 0.173. The summed E-state index contributed by atoms with van der Waals surface area (Å²) >= 11 is 0. The molecular formula is C7H14F2O. The van der Waals surface area contributed by atoms with Gasteiger partial charge in [-0.05, 0) is 12.3 Å². The van der Waals surface area contributed by atoms with Crippen molar-refractivity contribution in [1.29, 1.82) is 0 Å². The van der Waals surface area contributed by atoms with Gasteiger partial charge in [0.2, 0.25) is 0 Å². The van der Waals surface area contributed by atoms with E-state index in [1.54, 1.807) is 0 Å². The molecule has 62 valence electrons. The van der Waals surface area contributed by atoms with E-state index in [0.29, 0.717) is 5.92 Å². The number of hydrogen-bond acceptors (Lipinski definition) is 1. The van der Waals surface area contributed by atoms with Crippen LogP contribution in [-0.4, -0.2) is 13.2 Å². The molecular weight excluding hydrogens is 138 g/mol. The van der Waals surface area contributed by atoms with Gasteiger partial charge in [0.05, 0.1) is 6.61 Å². The summed E-state index contributed by atoms with van der Waals surface area (Å²) in [5, 5.41) is 0. The highest BCUT2D eigenvalue weighted by atomic mass is 19.3. The van der Waals surface area contributed by atoms with Crippen LogP contribution in [0.4, 0.5) is 8.78 Å². The Hall–Kier alpha value is -0.180. The van der Waals surface area contributed by atoms with Crippen molar-refractivity contribution in [2.75, 3.05) is 6.61 Å². The summed E-state index contributed by atoms with van der Waals surface area (Å²) in [5.74, 6) is 0.485. The third-order valence-electron chi connectivity index (χ3n) is 1.55.